The van der Waals surface area contributed by atoms with Gasteiger partial charge in [-0.15, -0.1) is 0 Å². The molecule has 0 radical (unpaired) electrons. The summed E-state index contributed by atoms with van der Waals surface area (Å²) in [7, 11) is 0. The molecule has 0 aromatic carbocycles. The second kappa shape index (κ2) is 5.74. The van der Waals surface area contributed by atoms with Crippen LogP contribution in [0.25, 0.3) is 5.82 Å². The molecule has 0 amide bonds. The van der Waals surface area contributed by atoms with Gasteiger partial charge < -0.3 is 5.32 Å². The molecule has 3 aromatic rings. The first-order chi connectivity index (χ1) is 10.7. The van der Waals surface area contributed by atoms with E-state index < -0.39 is 4.92 Å². The summed E-state index contributed by atoms with van der Waals surface area (Å²) in [4.78, 5) is 26.5. The molecular weight excluding hydrogens is 310 g/mol. The summed E-state index contributed by atoms with van der Waals surface area (Å²) in [6.45, 7) is 0. The maximum absolute atomic E-state index is 11.4. The van der Waals surface area contributed by atoms with Gasteiger partial charge in [-0.05, 0) is 12.1 Å². The average Bonchev–Trinajstić information content (AvgIpc) is 3.03. The molecule has 0 unspecified atom stereocenters. The molecule has 22 heavy (non-hydrogen) atoms. The molecule has 3 rings (SSSR count). The smallest absolute Gasteiger partial charge is 0.332 e. The molecule has 0 saturated heterocycles. The van der Waals surface area contributed by atoms with Gasteiger partial charge in [0.05, 0.1) is 10.6 Å². The Morgan fingerprint density at radius 2 is 2.14 bits per heavy atom. The van der Waals surface area contributed by atoms with E-state index in [0.717, 1.165) is 0 Å². The molecule has 0 bridgehead atoms. The van der Waals surface area contributed by atoms with Crippen molar-refractivity contribution < 1.29 is 4.92 Å². The third kappa shape index (κ3) is 2.56. The van der Waals surface area contributed by atoms with Crippen LogP contribution in [0.15, 0.2) is 43.4 Å². The van der Waals surface area contributed by atoms with Gasteiger partial charge in [-0.2, -0.15) is 0 Å². The molecule has 1 N–H and O–H groups in total. The Morgan fingerprint density at radius 3 is 2.82 bits per heavy atom. The summed E-state index contributed by atoms with van der Waals surface area (Å²) in [6.07, 6.45) is 7.19. The lowest BCUT2D eigenvalue weighted by atomic mass is 10.3. The van der Waals surface area contributed by atoms with Gasteiger partial charge in [0.2, 0.25) is 11.6 Å². The fourth-order valence-electron chi connectivity index (χ4n) is 1.81. The van der Waals surface area contributed by atoms with Crippen molar-refractivity contribution in [3.8, 4) is 5.82 Å². The first-order valence-electron chi connectivity index (χ1n) is 6.02. The van der Waals surface area contributed by atoms with E-state index in [2.05, 4.69) is 25.3 Å². The molecule has 0 saturated carbocycles. The van der Waals surface area contributed by atoms with Crippen LogP contribution in [0, 0.1) is 10.1 Å². The van der Waals surface area contributed by atoms with Crippen LogP contribution in [0.5, 0.6) is 0 Å². The summed E-state index contributed by atoms with van der Waals surface area (Å²) < 4.78 is 1.43. The maximum Gasteiger partial charge on any atom is 0.354 e. The highest BCUT2D eigenvalue weighted by Gasteiger charge is 2.24. The van der Waals surface area contributed by atoms with E-state index in [1.165, 1.54) is 29.6 Å². The molecule has 0 atom stereocenters. The van der Waals surface area contributed by atoms with Crippen molar-refractivity contribution in [2.45, 2.75) is 0 Å². The van der Waals surface area contributed by atoms with E-state index in [-0.39, 0.29) is 22.5 Å². The molecule has 10 heteroatoms. The summed E-state index contributed by atoms with van der Waals surface area (Å²) >= 11 is 5.94. The number of aromatic nitrogens is 5. The molecule has 0 aliphatic rings. The number of hydrogen-bond donors (Lipinski definition) is 1. The molecular formula is C12H8ClN7O2. The van der Waals surface area contributed by atoms with Gasteiger partial charge in [0.1, 0.15) is 12.7 Å². The van der Waals surface area contributed by atoms with E-state index in [0.29, 0.717) is 5.69 Å². The summed E-state index contributed by atoms with van der Waals surface area (Å²) in [5.74, 6) is 0.110. The van der Waals surface area contributed by atoms with Crippen LogP contribution in [0.3, 0.4) is 0 Å². The van der Waals surface area contributed by atoms with E-state index in [9.17, 15) is 10.1 Å². The SMILES string of the molecule is O=[N+]([O-])c1c(Nc2cccnc2Cl)ncnc1-n1ccnc1. The predicted molar refractivity (Wildman–Crippen MR) is 78.3 cm³/mol. The standard InChI is InChI=1S/C12H8ClN7O2/c13-10-8(2-1-3-15-10)18-11-9(20(21)22)12(17-6-16-11)19-5-4-14-7-19/h1-7H,(H,16,17,18). The number of halogens is 1. The quantitative estimate of drug-likeness (QED) is 0.446. The number of anilines is 2. The number of nitro groups is 1. The topological polar surface area (TPSA) is 112 Å². The maximum atomic E-state index is 11.4. The van der Waals surface area contributed by atoms with Crippen LogP contribution < -0.4 is 5.32 Å². The molecule has 0 aliphatic heterocycles. The Kier molecular flexibility index (Phi) is 3.62. The van der Waals surface area contributed by atoms with Gasteiger partial charge in [-0.3, -0.25) is 14.7 Å². The highest BCUT2D eigenvalue weighted by atomic mass is 35.5. The zero-order valence-electron chi connectivity index (χ0n) is 10.9. The second-order valence-electron chi connectivity index (χ2n) is 4.09. The molecule has 3 aromatic heterocycles. The minimum Gasteiger partial charge on any atom is -0.332 e. The number of nitrogens with one attached hydrogen (secondary N) is 1. The van der Waals surface area contributed by atoms with Crippen LogP contribution in [0.2, 0.25) is 5.15 Å². The number of hydrogen-bond acceptors (Lipinski definition) is 7. The number of imidazole rings is 1. The fraction of sp³-hybridized carbons (Fsp3) is 0. The molecule has 0 aliphatic carbocycles. The zero-order valence-corrected chi connectivity index (χ0v) is 11.7. The predicted octanol–water partition coefficient (Wildman–Crippen LogP) is 2.36. The van der Waals surface area contributed by atoms with E-state index in [1.807, 2.05) is 0 Å². The Bertz CT molecular complexity index is 822. The largest absolute Gasteiger partial charge is 0.354 e. The lowest BCUT2D eigenvalue weighted by Crippen LogP contribution is -2.07. The zero-order chi connectivity index (χ0) is 15.5. The minimum atomic E-state index is -0.568. The molecule has 110 valence electrons. The Balaban J connectivity index is 2.10. The van der Waals surface area contributed by atoms with Crippen LogP contribution in [0.4, 0.5) is 17.2 Å². The second-order valence-corrected chi connectivity index (χ2v) is 4.45. The van der Waals surface area contributed by atoms with E-state index in [4.69, 9.17) is 11.6 Å². The third-order valence-electron chi connectivity index (χ3n) is 2.75. The van der Waals surface area contributed by atoms with Gasteiger partial charge in [0.15, 0.2) is 5.15 Å². The highest BCUT2D eigenvalue weighted by Crippen LogP contribution is 2.31. The highest BCUT2D eigenvalue weighted by molar-refractivity contribution is 6.32. The average molecular weight is 318 g/mol. The lowest BCUT2D eigenvalue weighted by Gasteiger charge is -2.09. The molecule has 3 heterocycles. The Morgan fingerprint density at radius 1 is 1.27 bits per heavy atom. The molecule has 0 spiro atoms. The van der Waals surface area contributed by atoms with Crippen molar-refractivity contribution in [1.29, 1.82) is 0 Å². The van der Waals surface area contributed by atoms with Crippen LogP contribution in [-0.2, 0) is 0 Å². The fourth-order valence-corrected chi connectivity index (χ4v) is 1.98. The third-order valence-corrected chi connectivity index (χ3v) is 3.05. The number of rotatable bonds is 4. The van der Waals surface area contributed by atoms with Crippen LogP contribution in [0.1, 0.15) is 0 Å². The summed E-state index contributed by atoms with van der Waals surface area (Å²) in [5, 5.41) is 14.4. The van der Waals surface area contributed by atoms with Gasteiger partial charge in [-0.1, -0.05) is 11.6 Å². The van der Waals surface area contributed by atoms with Gasteiger partial charge in [0.25, 0.3) is 0 Å². The van der Waals surface area contributed by atoms with E-state index >= 15 is 0 Å². The van der Waals surface area contributed by atoms with Gasteiger partial charge >= 0.3 is 5.69 Å². The van der Waals surface area contributed by atoms with Gasteiger partial charge in [-0.25, -0.2) is 19.9 Å². The van der Waals surface area contributed by atoms with Crippen molar-refractivity contribution in [3.63, 3.8) is 0 Å². The lowest BCUT2D eigenvalue weighted by molar-refractivity contribution is -0.384. The normalized spacial score (nSPS) is 10.4. The van der Waals surface area contributed by atoms with Gasteiger partial charge in [0, 0.05) is 18.6 Å². The van der Waals surface area contributed by atoms with E-state index in [1.54, 1.807) is 18.3 Å². The first kappa shape index (κ1) is 13.9. The molecule has 0 fully saturated rings. The summed E-state index contributed by atoms with van der Waals surface area (Å²) in [6, 6.07) is 3.29. The molecule has 9 nitrogen and oxygen atoms in total. The minimum absolute atomic E-state index is 0.0126. The summed E-state index contributed by atoms with van der Waals surface area (Å²) in [5.41, 5.74) is 0.114. The van der Waals surface area contributed by atoms with Crippen molar-refractivity contribution in [1.82, 2.24) is 24.5 Å². The van der Waals surface area contributed by atoms with Crippen LogP contribution in [-0.4, -0.2) is 29.4 Å². The van der Waals surface area contributed by atoms with Crippen molar-refractivity contribution in [2.75, 3.05) is 5.32 Å². The number of pyridine rings is 1. The van der Waals surface area contributed by atoms with Crippen molar-refractivity contribution in [2.24, 2.45) is 0 Å². The first-order valence-corrected chi connectivity index (χ1v) is 6.40. The number of nitrogens with zero attached hydrogens (tertiary/aromatic N) is 6. The Labute approximate surface area is 128 Å². The van der Waals surface area contributed by atoms with Crippen LogP contribution >= 0.6 is 11.6 Å². The van der Waals surface area contributed by atoms with Crippen molar-refractivity contribution in [3.05, 3.63) is 58.6 Å². The Hall–Kier alpha value is -3.07. The van der Waals surface area contributed by atoms with Crippen molar-refractivity contribution >= 4 is 28.8 Å². The monoisotopic (exact) mass is 317 g/mol.